The first-order chi connectivity index (χ1) is 19.9. The molecule has 2 fully saturated rings. The maximum atomic E-state index is 13.1. The van der Waals surface area contributed by atoms with Gasteiger partial charge in [-0.15, -0.1) is 0 Å². The summed E-state index contributed by atoms with van der Waals surface area (Å²) < 4.78 is 24.2. The quantitative estimate of drug-likeness (QED) is 0.387. The van der Waals surface area contributed by atoms with Crippen molar-refractivity contribution in [2.75, 3.05) is 20.2 Å². The molecule has 1 aliphatic carbocycles. The molecule has 2 aliphatic rings. The van der Waals surface area contributed by atoms with E-state index in [1.807, 2.05) is 0 Å². The van der Waals surface area contributed by atoms with Crippen LogP contribution in [0.3, 0.4) is 0 Å². The molecule has 1 aliphatic heterocycles. The number of piperidine rings is 1. The number of rotatable bonds is 8. The molecule has 0 unspecified atom stereocenters. The molecule has 0 radical (unpaired) electrons. The van der Waals surface area contributed by atoms with Gasteiger partial charge in [0.1, 0.15) is 23.0 Å². The van der Waals surface area contributed by atoms with E-state index in [1.165, 1.54) is 18.3 Å². The molecule has 41 heavy (non-hydrogen) atoms. The zero-order valence-corrected chi connectivity index (χ0v) is 23.1. The number of halogens is 1. The Kier molecular flexibility index (Phi) is 8.91. The highest BCUT2D eigenvalue weighted by Gasteiger charge is 2.29. The Hall–Kier alpha value is -4.27. The lowest BCUT2D eigenvalue weighted by Gasteiger charge is -2.31. The number of benzene rings is 2. The standard InChI is InChI=1S/C32H34FN3O5/c1-40-26-9-2-21(3-10-26)30(37)22-16-18-36(19-17-22)32(39)29-15-4-23(20-34-29)31(38)35-25-7-13-28(14-8-25)41-27-11-5-24(33)6-12-27/h2-6,9-12,15,20,22,25,28H,7-8,13-14,16-19H2,1H3,(H,35,38). The second kappa shape index (κ2) is 12.9. The van der Waals surface area contributed by atoms with Gasteiger partial charge >= 0.3 is 0 Å². The third kappa shape index (κ3) is 7.09. The number of aromatic nitrogens is 1. The Bertz CT molecular complexity index is 1350. The summed E-state index contributed by atoms with van der Waals surface area (Å²) in [4.78, 5) is 44.7. The van der Waals surface area contributed by atoms with Crippen molar-refractivity contribution < 1.29 is 28.2 Å². The first-order valence-electron chi connectivity index (χ1n) is 14.1. The van der Waals surface area contributed by atoms with Gasteiger partial charge in [-0.2, -0.15) is 0 Å². The molecular weight excluding hydrogens is 525 g/mol. The fourth-order valence-electron chi connectivity index (χ4n) is 5.45. The van der Waals surface area contributed by atoms with Crippen LogP contribution in [-0.2, 0) is 0 Å². The molecule has 8 nitrogen and oxygen atoms in total. The molecule has 214 valence electrons. The van der Waals surface area contributed by atoms with E-state index in [0.29, 0.717) is 48.6 Å². The summed E-state index contributed by atoms with van der Waals surface area (Å²) in [7, 11) is 1.59. The number of hydrogen-bond donors (Lipinski definition) is 1. The monoisotopic (exact) mass is 559 g/mol. The van der Waals surface area contributed by atoms with Crippen LogP contribution >= 0.6 is 0 Å². The van der Waals surface area contributed by atoms with Crippen LogP contribution in [0.4, 0.5) is 4.39 Å². The van der Waals surface area contributed by atoms with Crippen LogP contribution in [0.1, 0.15) is 69.7 Å². The minimum Gasteiger partial charge on any atom is -0.497 e. The predicted octanol–water partition coefficient (Wildman–Crippen LogP) is 5.08. The minimum atomic E-state index is -0.297. The second-order valence-corrected chi connectivity index (χ2v) is 10.6. The Balaban J connectivity index is 1.07. The molecule has 5 rings (SSSR count). The number of carbonyl (C=O) groups is 3. The summed E-state index contributed by atoms with van der Waals surface area (Å²) in [6, 6.07) is 16.3. The number of hydrogen-bond acceptors (Lipinski definition) is 6. The summed E-state index contributed by atoms with van der Waals surface area (Å²) in [5, 5.41) is 3.06. The van der Waals surface area contributed by atoms with Gasteiger partial charge in [-0.1, -0.05) is 0 Å². The van der Waals surface area contributed by atoms with Crippen LogP contribution in [0.5, 0.6) is 11.5 Å². The van der Waals surface area contributed by atoms with Crippen LogP contribution in [0.25, 0.3) is 0 Å². The fourth-order valence-corrected chi connectivity index (χ4v) is 5.45. The van der Waals surface area contributed by atoms with E-state index in [9.17, 15) is 18.8 Å². The van der Waals surface area contributed by atoms with Crippen LogP contribution < -0.4 is 14.8 Å². The number of nitrogens with one attached hydrogen (secondary N) is 1. The molecule has 1 aromatic heterocycles. The van der Waals surface area contributed by atoms with Crippen molar-refractivity contribution in [3.8, 4) is 11.5 Å². The van der Waals surface area contributed by atoms with Gasteiger partial charge in [0, 0.05) is 36.8 Å². The number of likely N-dealkylation sites (tertiary alicyclic amines) is 1. The Morgan fingerprint density at radius 3 is 2.07 bits per heavy atom. The first-order valence-corrected chi connectivity index (χ1v) is 14.1. The molecule has 0 atom stereocenters. The van der Waals surface area contributed by atoms with Crippen molar-refractivity contribution in [3.63, 3.8) is 0 Å². The van der Waals surface area contributed by atoms with Gasteiger partial charge in [-0.25, -0.2) is 4.39 Å². The molecule has 0 spiro atoms. The highest BCUT2D eigenvalue weighted by atomic mass is 19.1. The second-order valence-electron chi connectivity index (χ2n) is 10.6. The average Bonchev–Trinajstić information content (AvgIpc) is 3.02. The normalized spacial score (nSPS) is 19.3. The summed E-state index contributed by atoms with van der Waals surface area (Å²) in [6.07, 6.45) is 5.78. The maximum absolute atomic E-state index is 13.1. The third-order valence-corrected chi connectivity index (χ3v) is 7.90. The molecule has 1 saturated carbocycles. The lowest BCUT2D eigenvalue weighted by molar-refractivity contribution is 0.0645. The number of pyridine rings is 1. The predicted molar refractivity (Wildman–Crippen MR) is 151 cm³/mol. The zero-order chi connectivity index (χ0) is 28.8. The van der Waals surface area contributed by atoms with Gasteiger partial charge in [0.25, 0.3) is 11.8 Å². The lowest BCUT2D eigenvalue weighted by atomic mass is 9.88. The smallest absolute Gasteiger partial charge is 0.272 e. The minimum absolute atomic E-state index is 0.0267. The number of Topliss-reactive ketones (excluding diaryl/α,β-unsaturated/α-hetero) is 1. The van der Waals surface area contributed by atoms with Gasteiger partial charge < -0.3 is 19.7 Å². The topological polar surface area (TPSA) is 97.8 Å². The number of nitrogens with zero attached hydrogens (tertiary/aromatic N) is 2. The molecule has 1 saturated heterocycles. The van der Waals surface area contributed by atoms with E-state index >= 15 is 0 Å². The van der Waals surface area contributed by atoms with Gasteiger partial charge in [0.2, 0.25) is 0 Å². The molecular formula is C32H34FN3O5. The number of methoxy groups -OCH3 is 1. The number of carbonyl (C=O) groups excluding carboxylic acids is 3. The van der Waals surface area contributed by atoms with Gasteiger partial charge in [0.15, 0.2) is 5.78 Å². The number of ketones is 1. The van der Waals surface area contributed by atoms with Gasteiger partial charge in [-0.05, 0) is 99.2 Å². The zero-order valence-electron chi connectivity index (χ0n) is 23.1. The van der Waals surface area contributed by atoms with Crippen LogP contribution in [-0.4, -0.2) is 59.8 Å². The van der Waals surface area contributed by atoms with Crippen molar-refractivity contribution in [3.05, 3.63) is 89.5 Å². The third-order valence-electron chi connectivity index (χ3n) is 7.90. The van der Waals surface area contributed by atoms with Crippen molar-refractivity contribution >= 4 is 17.6 Å². The number of amides is 2. The van der Waals surface area contributed by atoms with Crippen molar-refractivity contribution in [2.24, 2.45) is 5.92 Å². The summed E-state index contributed by atoms with van der Waals surface area (Å²) in [6.45, 7) is 0.950. The highest BCUT2D eigenvalue weighted by Crippen LogP contribution is 2.26. The van der Waals surface area contributed by atoms with E-state index in [-0.39, 0.29) is 47.2 Å². The van der Waals surface area contributed by atoms with Crippen molar-refractivity contribution in [1.29, 1.82) is 0 Å². The molecule has 3 aromatic rings. The summed E-state index contributed by atoms with van der Waals surface area (Å²) in [5.41, 5.74) is 1.33. The van der Waals surface area contributed by atoms with E-state index in [0.717, 1.165) is 25.7 Å². The summed E-state index contributed by atoms with van der Waals surface area (Å²) >= 11 is 0. The van der Waals surface area contributed by atoms with Crippen LogP contribution in [0.2, 0.25) is 0 Å². The molecule has 2 amide bonds. The average molecular weight is 560 g/mol. The number of ether oxygens (including phenoxy) is 2. The van der Waals surface area contributed by atoms with Gasteiger partial charge in [0.05, 0.1) is 18.8 Å². The van der Waals surface area contributed by atoms with E-state index < -0.39 is 0 Å². The van der Waals surface area contributed by atoms with E-state index in [4.69, 9.17) is 9.47 Å². The van der Waals surface area contributed by atoms with Crippen molar-refractivity contribution in [1.82, 2.24) is 15.2 Å². The Labute approximate surface area is 238 Å². The van der Waals surface area contributed by atoms with Crippen LogP contribution in [0.15, 0.2) is 66.9 Å². The largest absolute Gasteiger partial charge is 0.497 e. The Morgan fingerprint density at radius 2 is 1.46 bits per heavy atom. The maximum Gasteiger partial charge on any atom is 0.272 e. The molecule has 2 heterocycles. The van der Waals surface area contributed by atoms with Crippen LogP contribution in [0, 0.1) is 11.7 Å². The fraction of sp³-hybridized carbons (Fsp3) is 0.375. The highest BCUT2D eigenvalue weighted by molar-refractivity contribution is 5.99. The Morgan fingerprint density at radius 1 is 0.829 bits per heavy atom. The SMILES string of the molecule is COc1ccc(C(=O)C2CCN(C(=O)c3ccc(C(=O)NC4CCC(Oc5ccc(F)cc5)CC4)cn3)CC2)cc1. The molecule has 1 N–H and O–H groups in total. The molecule has 2 aromatic carbocycles. The lowest BCUT2D eigenvalue weighted by Crippen LogP contribution is -2.41. The van der Waals surface area contributed by atoms with Crippen molar-refractivity contribution in [2.45, 2.75) is 50.7 Å². The van der Waals surface area contributed by atoms with E-state index in [1.54, 1.807) is 60.5 Å². The van der Waals surface area contributed by atoms with Gasteiger partial charge in [-0.3, -0.25) is 19.4 Å². The van der Waals surface area contributed by atoms with E-state index in [2.05, 4.69) is 10.3 Å². The molecule has 9 heteroatoms. The molecule has 0 bridgehead atoms. The first kappa shape index (κ1) is 28.3. The summed E-state index contributed by atoms with van der Waals surface area (Å²) in [5.74, 6) is 0.582.